The molecule has 0 saturated carbocycles. The number of fused-ring (bicyclic) bond motifs is 1. The van der Waals surface area contributed by atoms with Crippen molar-refractivity contribution < 1.29 is 9.53 Å². The van der Waals surface area contributed by atoms with E-state index in [1.165, 1.54) is 0 Å². The zero-order valence-electron chi connectivity index (χ0n) is 16.2. The van der Waals surface area contributed by atoms with Gasteiger partial charge in [-0.3, -0.25) is 4.79 Å². The number of benzene rings is 2. The van der Waals surface area contributed by atoms with Gasteiger partial charge >= 0.3 is 0 Å². The summed E-state index contributed by atoms with van der Waals surface area (Å²) in [4.78, 5) is 14.5. The van der Waals surface area contributed by atoms with Crippen molar-refractivity contribution in [3.8, 4) is 23.1 Å². The van der Waals surface area contributed by atoms with Gasteiger partial charge in [-0.1, -0.05) is 12.1 Å². The van der Waals surface area contributed by atoms with Crippen LogP contribution in [0.1, 0.15) is 35.7 Å². The lowest BCUT2D eigenvalue weighted by Crippen LogP contribution is -2.27. The van der Waals surface area contributed by atoms with Gasteiger partial charge in [-0.25, -0.2) is 0 Å². The van der Waals surface area contributed by atoms with E-state index >= 15 is 0 Å². The molecule has 2 heterocycles. The molecule has 1 amide bonds. The van der Waals surface area contributed by atoms with E-state index in [2.05, 4.69) is 17.6 Å². The maximum absolute atomic E-state index is 12.6. The molecule has 5 heteroatoms. The summed E-state index contributed by atoms with van der Waals surface area (Å²) in [5.41, 5.74) is 4.16. The molecule has 1 saturated heterocycles. The number of likely N-dealkylation sites (tertiary alicyclic amines) is 1. The fourth-order valence-corrected chi connectivity index (χ4v) is 4.08. The SMILES string of the molecule is CCn1c(-c2ccc(C(=O)N3CCCC3)cc2)c(C#N)c2cc(OC)ccc21. The van der Waals surface area contributed by atoms with Gasteiger partial charge < -0.3 is 14.2 Å². The molecule has 0 aliphatic carbocycles. The third-order valence-electron chi connectivity index (χ3n) is 5.50. The topological polar surface area (TPSA) is 58.3 Å². The van der Waals surface area contributed by atoms with Crippen LogP contribution in [0, 0.1) is 11.3 Å². The van der Waals surface area contributed by atoms with Crippen LogP contribution in [0.4, 0.5) is 0 Å². The normalized spacial score (nSPS) is 13.7. The summed E-state index contributed by atoms with van der Waals surface area (Å²) in [5, 5.41) is 10.8. The lowest BCUT2D eigenvalue weighted by molar-refractivity contribution is 0.0793. The van der Waals surface area contributed by atoms with Crippen LogP contribution in [0.2, 0.25) is 0 Å². The van der Waals surface area contributed by atoms with Crippen LogP contribution in [0.25, 0.3) is 22.2 Å². The molecule has 4 rings (SSSR count). The Hall–Kier alpha value is -3.26. The summed E-state index contributed by atoms with van der Waals surface area (Å²) in [6.45, 7) is 4.49. The van der Waals surface area contributed by atoms with Crippen molar-refractivity contribution in [1.29, 1.82) is 5.26 Å². The van der Waals surface area contributed by atoms with Crippen LogP contribution in [0.15, 0.2) is 42.5 Å². The Bertz CT molecular complexity index is 1070. The fourth-order valence-electron chi connectivity index (χ4n) is 4.08. The van der Waals surface area contributed by atoms with Gasteiger partial charge in [0.15, 0.2) is 0 Å². The highest BCUT2D eigenvalue weighted by Crippen LogP contribution is 2.35. The highest BCUT2D eigenvalue weighted by Gasteiger charge is 2.21. The highest BCUT2D eigenvalue weighted by atomic mass is 16.5. The minimum absolute atomic E-state index is 0.0883. The zero-order valence-corrected chi connectivity index (χ0v) is 16.2. The minimum atomic E-state index is 0.0883. The maximum Gasteiger partial charge on any atom is 0.253 e. The summed E-state index contributed by atoms with van der Waals surface area (Å²) in [6.07, 6.45) is 2.16. The van der Waals surface area contributed by atoms with E-state index in [9.17, 15) is 10.1 Å². The van der Waals surface area contributed by atoms with Crippen molar-refractivity contribution in [3.05, 3.63) is 53.6 Å². The quantitative estimate of drug-likeness (QED) is 0.679. The van der Waals surface area contributed by atoms with Crippen molar-refractivity contribution in [2.75, 3.05) is 20.2 Å². The van der Waals surface area contributed by atoms with Crippen molar-refractivity contribution in [3.63, 3.8) is 0 Å². The van der Waals surface area contributed by atoms with Gasteiger partial charge in [-0.05, 0) is 55.7 Å². The first kappa shape index (κ1) is 18.1. The summed E-state index contributed by atoms with van der Waals surface area (Å²) >= 11 is 0. The van der Waals surface area contributed by atoms with Gasteiger partial charge in [0.05, 0.1) is 23.9 Å². The van der Waals surface area contributed by atoms with E-state index < -0.39 is 0 Å². The monoisotopic (exact) mass is 373 g/mol. The summed E-state index contributed by atoms with van der Waals surface area (Å²) in [6, 6.07) is 15.8. The fraction of sp³-hybridized carbons (Fsp3) is 0.304. The minimum Gasteiger partial charge on any atom is -0.497 e. The van der Waals surface area contributed by atoms with Crippen LogP contribution in [-0.4, -0.2) is 35.6 Å². The molecular weight excluding hydrogens is 350 g/mol. The summed E-state index contributed by atoms with van der Waals surface area (Å²) < 4.78 is 7.48. The first-order chi connectivity index (χ1) is 13.7. The molecule has 1 aliphatic heterocycles. The van der Waals surface area contributed by atoms with Gasteiger partial charge in [0.2, 0.25) is 0 Å². The predicted molar refractivity (Wildman–Crippen MR) is 109 cm³/mol. The molecule has 0 spiro atoms. The van der Waals surface area contributed by atoms with Crippen molar-refractivity contribution >= 4 is 16.8 Å². The number of nitriles is 1. The number of amides is 1. The van der Waals surface area contributed by atoms with Gasteiger partial charge in [0.1, 0.15) is 11.8 Å². The van der Waals surface area contributed by atoms with Gasteiger partial charge in [-0.15, -0.1) is 0 Å². The average Bonchev–Trinajstić information content (AvgIpc) is 3.38. The average molecular weight is 373 g/mol. The van der Waals surface area contributed by atoms with Crippen LogP contribution >= 0.6 is 0 Å². The molecule has 0 N–H and O–H groups in total. The van der Waals surface area contributed by atoms with E-state index in [4.69, 9.17) is 4.74 Å². The zero-order chi connectivity index (χ0) is 19.7. The van der Waals surface area contributed by atoms with E-state index in [1.54, 1.807) is 7.11 Å². The van der Waals surface area contributed by atoms with Gasteiger partial charge in [0.25, 0.3) is 5.91 Å². The molecule has 0 atom stereocenters. The number of aryl methyl sites for hydroxylation is 1. The van der Waals surface area contributed by atoms with E-state index in [1.807, 2.05) is 47.4 Å². The molecule has 0 bridgehead atoms. The van der Waals surface area contributed by atoms with E-state index in [0.717, 1.165) is 60.4 Å². The molecule has 0 radical (unpaired) electrons. The first-order valence-electron chi connectivity index (χ1n) is 9.68. The number of ether oxygens (including phenoxy) is 1. The number of methoxy groups -OCH3 is 1. The van der Waals surface area contributed by atoms with Crippen LogP contribution in [0.3, 0.4) is 0 Å². The van der Waals surface area contributed by atoms with Crippen molar-refractivity contribution in [2.24, 2.45) is 0 Å². The molecule has 5 nitrogen and oxygen atoms in total. The first-order valence-corrected chi connectivity index (χ1v) is 9.68. The predicted octanol–water partition coefficient (Wildman–Crippen LogP) is 4.44. The summed E-state index contributed by atoms with van der Waals surface area (Å²) in [5.74, 6) is 0.820. The maximum atomic E-state index is 12.6. The lowest BCUT2D eigenvalue weighted by Gasteiger charge is -2.15. The third kappa shape index (κ3) is 2.91. The number of hydrogen-bond acceptors (Lipinski definition) is 3. The third-order valence-corrected chi connectivity index (χ3v) is 5.50. The molecule has 2 aromatic carbocycles. The highest BCUT2D eigenvalue weighted by molar-refractivity contribution is 5.97. The van der Waals surface area contributed by atoms with E-state index in [0.29, 0.717) is 11.1 Å². The van der Waals surface area contributed by atoms with Gasteiger partial charge in [0, 0.05) is 30.6 Å². The van der Waals surface area contributed by atoms with Crippen molar-refractivity contribution in [1.82, 2.24) is 9.47 Å². The second kappa shape index (κ2) is 7.40. The number of hydrogen-bond donors (Lipinski definition) is 0. The molecule has 142 valence electrons. The Morgan fingerprint density at radius 2 is 1.86 bits per heavy atom. The second-order valence-corrected chi connectivity index (χ2v) is 7.04. The van der Waals surface area contributed by atoms with Crippen LogP contribution in [-0.2, 0) is 6.54 Å². The number of carbonyl (C=O) groups is 1. The Kier molecular flexibility index (Phi) is 4.79. The Morgan fingerprint density at radius 3 is 2.46 bits per heavy atom. The number of rotatable bonds is 4. The number of aromatic nitrogens is 1. The van der Waals surface area contributed by atoms with Gasteiger partial charge in [-0.2, -0.15) is 5.26 Å². The van der Waals surface area contributed by atoms with Crippen molar-refractivity contribution in [2.45, 2.75) is 26.3 Å². The Labute approximate surface area is 164 Å². The van der Waals surface area contributed by atoms with Crippen LogP contribution < -0.4 is 4.74 Å². The Morgan fingerprint density at radius 1 is 1.14 bits per heavy atom. The molecule has 0 unspecified atom stereocenters. The Balaban J connectivity index is 1.80. The van der Waals surface area contributed by atoms with Crippen LogP contribution in [0.5, 0.6) is 5.75 Å². The molecular formula is C23H23N3O2. The number of carbonyl (C=O) groups excluding carboxylic acids is 1. The molecule has 1 aromatic heterocycles. The summed E-state index contributed by atoms with van der Waals surface area (Å²) in [7, 11) is 1.63. The second-order valence-electron chi connectivity index (χ2n) is 7.04. The molecule has 1 aliphatic rings. The largest absolute Gasteiger partial charge is 0.497 e. The lowest BCUT2D eigenvalue weighted by atomic mass is 10.0. The molecule has 1 fully saturated rings. The number of nitrogens with zero attached hydrogens (tertiary/aromatic N) is 3. The molecule has 3 aromatic rings. The van der Waals surface area contributed by atoms with E-state index in [-0.39, 0.29) is 5.91 Å². The smallest absolute Gasteiger partial charge is 0.253 e. The molecule has 28 heavy (non-hydrogen) atoms. The standard InChI is InChI=1S/C23H23N3O2/c1-3-26-21-11-10-18(28-2)14-19(21)20(15-24)22(26)16-6-8-17(9-7-16)23(27)25-12-4-5-13-25/h6-11,14H,3-5,12-13H2,1-2H3.